The van der Waals surface area contributed by atoms with Crippen LogP contribution in [0.5, 0.6) is 0 Å². The van der Waals surface area contributed by atoms with E-state index in [1.54, 1.807) is 5.41 Å². The molecule has 1 N–H and O–H groups in total. The van der Waals surface area contributed by atoms with Crippen molar-refractivity contribution in [1.82, 2.24) is 5.32 Å². The zero-order valence-corrected chi connectivity index (χ0v) is 16.6. The summed E-state index contributed by atoms with van der Waals surface area (Å²) >= 11 is 7.92. The number of thiocarbonyl (C=S) groups is 1. The molecule has 2 aromatic carbocycles. The first kappa shape index (κ1) is 17.9. The van der Waals surface area contributed by atoms with Crippen LogP contribution in [-0.2, 0) is 0 Å². The maximum atomic E-state index is 12.5. The van der Waals surface area contributed by atoms with Gasteiger partial charge >= 0.3 is 5.63 Å². The summed E-state index contributed by atoms with van der Waals surface area (Å²) in [7, 11) is 0. The van der Waals surface area contributed by atoms with Crippen LogP contribution in [0.2, 0.25) is 0 Å². The second-order valence-corrected chi connectivity index (χ2v) is 8.09. The van der Waals surface area contributed by atoms with Crippen LogP contribution in [-0.4, -0.2) is 10.5 Å². The van der Waals surface area contributed by atoms with E-state index in [0.29, 0.717) is 31.6 Å². The standard InChI is InChI=1S/C20H12N2O2S3/c1-26-20(25)15(9-21)18-22-16(10-27-18)14-8-13-12-5-3-2-4-11(12)6-7-17(13)24-19(14)23/h2-8,10,22H,1H3/b18-15-. The predicted molar refractivity (Wildman–Crippen MR) is 117 cm³/mol. The van der Waals surface area contributed by atoms with E-state index in [1.165, 1.54) is 23.5 Å². The first-order valence-corrected chi connectivity index (χ1v) is 10.5. The molecule has 27 heavy (non-hydrogen) atoms. The minimum absolute atomic E-state index is 0.407. The van der Waals surface area contributed by atoms with Gasteiger partial charge in [0.2, 0.25) is 0 Å². The Morgan fingerprint density at radius 1 is 1.26 bits per heavy atom. The van der Waals surface area contributed by atoms with Crippen LogP contribution in [0.1, 0.15) is 5.56 Å². The van der Waals surface area contributed by atoms with E-state index in [-0.39, 0.29) is 0 Å². The molecule has 0 bridgehead atoms. The molecule has 0 atom stereocenters. The number of fused-ring (bicyclic) bond motifs is 3. The normalized spacial score (nSPS) is 15.3. The monoisotopic (exact) mass is 408 g/mol. The van der Waals surface area contributed by atoms with Crippen LogP contribution in [0, 0.1) is 11.3 Å². The SMILES string of the molecule is CSC(=S)/C(C#N)=C1/NC(c2cc3c(ccc4ccccc43)oc2=O)=CS1. The van der Waals surface area contributed by atoms with Gasteiger partial charge in [0, 0.05) is 10.8 Å². The van der Waals surface area contributed by atoms with Crippen LogP contribution in [0.15, 0.2) is 67.7 Å². The summed E-state index contributed by atoms with van der Waals surface area (Å²) < 4.78 is 6.06. The molecule has 0 spiro atoms. The molecule has 2 heterocycles. The van der Waals surface area contributed by atoms with Gasteiger partial charge in [0.15, 0.2) is 0 Å². The van der Waals surface area contributed by atoms with Crippen LogP contribution >= 0.6 is 35.7 Å². The molecule has 0 radical (unpaired) electrons. The number of thioether (sulfide) groups is 2. The third kappa shape index (κ3) is 3.16. The second-order valence-electron chi connectivity index (χ2n) is 5.73. The van der Waals surface area contributed by atoms with E-state index in [1.807, 2.05) is 48.7 Å². The molecule has 0 fully saturated rings. The molecule has 0 unspecified atom stereocenters. The van der Waals surface area contributed by atoms with Gasteiger partial charge in [-0.05, 0) is 29.2 Å². The average molecular weight is 409 g/mol. The molecule has 0 saturated heterocycles. The number of nitrogens with one attached hydrogen (secondary N) is 1. The lowest BCUT2D eigenvalue weighted by atomic mass is 10.0. The Morgan fingerprint density at radius 3 is 2.85 bits per heavy atom. The van der Waals surface area contributed by atoms with Crippen LogP contribution in [0.4, 0.5) is 0 Å². The minimum Gasteiger partial charge on any atom is -0.422 e. The third-order valence-electron chi connectivity index (χ3n) is 4.20. The van der Waals surface area contributed by atoms with Crippen molar-refractivity contribution < 1.29 is 4.42 Å². The van der Waals surface area contributed by atoms with E-state index in [0.717, 1.165) is 16.2 Å². The van der Waals surface area contributed by atoms with E-state index < -0.39 is 5.63 Å². The van der Waals surface area contributed by atoms with Gasteiger partial charge in [0.05, 0.1) is 20.5 Å². The van der Waals surface area contributed by atoms with Crippen molar-refractivity contribution in [2.75, 3.05) is 6.26 Å². The molecule has 7 heteroatoms. The zero-order chi connectivity index (χ0) is 19.0. The summed E-state index contributed by atoms with van der Waals surface area (Å²) in [5.41, 5.74) is 1.56. The zero-order valence-electron chi connectivity index (χ0n) is 14.1. The summed E-state index contributed by atoms with van der Waals surface area (Å²) in [4.78, 5) is 12.5. The molecule has 0 amide bonds. The Balaban J connectivity index is 1.83. The van der Waals surface area contributed by atoms with Crippen molar-refractivity contribution in [2.45, 2.75) is 0 Å². The predicted octanol–water partition coefficient (Wildman–Crippen LogP) is 5.01. The molecule has 1 aliphatic heterocycles. The highest BCUT2D eigenvalue weighted by molar-refractivity contribution is 8.23. The maximum absolute atomic E-state index is 12.5. The maximum Gasteiger partial charge on any atom is 0.345 e. The smallest absolute Gasteiger partial charge is 0.345 e. The van der Waals surface area contributed by atoms with Crippen molar-refractivity contribution in [3.63, 3.8) is 0 Å². The van der Waals surface area contributed by atoms with Crippen molar-refractivity contribution in [3.05, 3.63) is 74.5 Å². The van der Waals surface area contributed by atoms with Crippen molar-refractivity contribution >= 4 is 67.4 Å². The fourth-order valence-corrected chi connectivity index (χ4v) is 4.39. The largest absolute Gasteiger partial charge is 0.422 e. The lowest BCUT2D eigenvalue weighted by Gasteiger charge is -2.08. The van der Waals surface area contributed by atoms with E-state index in [9.17, 15) is 10.1 Å². The molecular weight excluding hydrogens is 396 g/mol. The number of hydrogen-bond donors (Lipinski definition) is 1. The van der Waals surface area contributed by atoms with Crippen LogP contribution in [0.25, 0.3) is 27.4 Å². The fourth-order valence-electron chi connectivity index (χ4n) is 2.90. The van der Waals surface area contributed by atoms with Gasteiger partial charge in [-0.1, -0.05) is 54.3 Å². The van der Waals surface area contributed by atoms with Crippen LogP contribution in [0.3, 0.4) is 0 Å². The minimum atomic E-state index is -0.427. The van der Waals surface area contributed by atoms with Crippen molar-refractivity contribution in [3.8, 4) is 6.07 Å². The molecular formula is C20H12N2O2S3. The Bertz CT molecular complexity index is 1270. The number of hydrogen-bond acceptors (Lipinski definition) is 7. The Morgan fingerprint density at radius 2 is 2.07 bits per heavy atom. The molecule has 1 aliphatic rings. The quantitative estimate of drug-likeness (QED) is 0.210. The van der Waals surface area contributed by atoms with Crippen molar-refractivity contribution in [2.24, 2.45) is 0 Å². The molecule has 3 aromatic rings. The van der Waals surface area contributed by atoms with Gasteiger partial charge in [-0.15, -0.1) is 11.8 Å². The van der Waals surface area contributed by atoms with E-state index in [4.69, 9.17) is 16.6 Å². The molecule has 132 valence electrons. The first-order valence-electron chi connectivity index (χ1n) is 7.95. The average Bonchev–Trinajstić information content (AvgIpc) is 3.17. The number of nitrogens with zero attached hydrogens (tertiary/aromatic N) is 1. The topological polar surface area (TPSA) is 66.0 Å². The highest BCUT2D eigenvalue weighted by atomic mass is 32.2. The molecule has 0 aliphatic carbocycles. The van der Waals surface area contributed by atoms with Gasteiger partial charge in [0.1, 0.15) is 17.2 Å². The van der Waals surface area contributed by atoms with Crippen LogP contribution < -0.4 is 10.9 Å². The summed E-state index contributed by atoms with van der Waals surface area (Å²) in [6.45, 7) is 0. The molecule has 4 nitrogen and oxygen atoms in total. The second kappa shape index (κ2) is 7.24. The lowest BCUT2D eigenvalue weighted by Crippen LogP contribution is -2.15. The summed E-state index contributed by atoms with van der Waals surface area (Å²) in [5.74, 6) is 0. The first-order chi connectivity index (χ1) is 13.1. The Labute approximate surface area is 168 Å². The molecule has 0 saturated carbocycles. The van der Waals surface area contributed by atoms with E-state index >= 15 is 0 Å². The lowest BCUT2D eigenvalue weighted by molar-refractivity contribution is 0.558. The Hall–Kier alpha value is -2.53. The van der Waals surface area contributed by atoms with Gasteiger partial charge in [0.25, 0.3) is 0 Å². The summed E-state index contributed by atoms with van der Waals surface area (Å²) in [6, 6.07) is 15.7. The van der Waals surface area contributed by atoms with Gasteiger partial charge < -0.3 is 9.73 Å². The highest BCUT2D eigenvalue weighted by Gasteiger charge is 2.21. The molecule has 4 rings (SSSR count). The number of rotatable bonds is 2. The molecule has 1 aromatic heterocycles. The summed E-state index contributed by atoms with van der Waals surface area (Å²) in [5, 5.41) is 17.9. The Kier molecular flexibility index (Phi) is 4.79. The number of benzene rings is 2. The van der Waals surface area contributed by atoms with Gasteiger partial charge in [-0.25, -0.2) is 4.79 Å². The fraction of sp³-hybridized carbons (Fsp3) is 0.0500. The third-order valence-corrected chi connectivity index (χ3v) is 6.38. The highest BCUT2D eigenvalue weighted by Crippen LogP contribution is 2.34. The van der Waals surface area contributed by atoms with Crippen molar-refractivity contribution in [1.29, 1.82) is 5.26 Å². The van der Waals surface area contributed by atoms with E-state index in [2.05, 4.69) is 11.4 Å². The number of nitriles is 1. The van der Waals surface area contributed by atoms with Gasteiger partial charge in [-0.2, -0.15) is 5.26 Å². The van der Waals surface area contributed by atoms with Gasteiger partial charge in [-0.3, -0.25) is 0 Å². The summed E-state index contributed by atoms with van der Waals surface area (Å²) in [6.07, 6.45) is 1.83.